The number of carbonyl (C=O) groups is 2. The highest BCUT2D eigenvalue weighted by atomic mass is 19.2. The van der Waals surface area contributed by atoms with Crippen molar-refractivity contribution < 1.29 is 23.5 Å². The minimum Gasteiger partial charge on any atom is -0.478 e. The zero-order chi connectivity index (χ0) is 30.8. The first-order valence-corrected chi connectivity index (χ1v) is 14.0. The molecule has 0 fully saturated rings. The lowest BCUT2D eigenvalue weighted by Crippen LogP contribution is -2.27. The largest absolute Gasteiger partial charge is 0.478 e. The Kier molecular flexibility index (Phi) is 7.72. The number of aromatic carboxylic acids is 1. The normalized spacial score (nSPS) is 11.8. The molecule has 0 aliphatic heterocycles. The van der Waals surface area contributed by atoms with E-state index in [1.807, 2.05) is 72.4 Å². The summed E-state index contributed by atoms with van der Waals surface area (Å²) in [4.78, 5) is 29.3. The molecule has 0 saturated carbocycles. The van der Waals surface area contributed by atoms with E-state index in [9.17, 15) is 23.5 Å². The van der Waals surface area contributed by atoms with Gasteiger partial charge in [-0.15, -0.1) is 0 Å². The summed E-state index contributed by atoms with van der Waals surface area (Å²) in [5.74, 6) is -3.31. The first-order chi connectivity index (χ1) is 21.3. The molecule has 0 bridgehead atoms. The SMILES string of the molecule is C[C@H](NC(=O)c1cc(-c2ccc(F)c(F)c2)cc2ccn(Cc3ccc(-c4cccnc4)cc3)c12)c1ccc(C(=O)O)cc1. The molecule has 2 heterocycles. The van der Waals surface area contributed by atoms with E-state index in [2.05, 4.69) is 10.3 Å². The van der Waals surface area contributed by atoms with Crippen LogP contribution in [0.2, 0.25) is 0 Å². The topological polar surface area (TPSA) is 84.2 Å². The predicted octanol–water partition coefficient (Wildman–Crippen LogP) is 7.89. The molecular weight excluding hydrogens is 560 g/mol. The van der Waals surface area contributed by atoms with Gasteiger partial charge in [0, 0.05) is 30.5 Å². The molecule has 0 unspecified atom stereocenters. The third-order valence-electron chi connectivity index (χ3n) is 7.67. The summed E-state index contributed by atoms with van der Waals surface area (Å²) in [6, 6.07) is 27.0. The maximum absolute atomic E-state index is 14.2. The van der Waals surface area contributed by atoms with Crippen LogP contribution in [0.15, 0.2) is 116 Å². The van der Waals surface area contributed by atoms with Crippen molar-refractivity contribution in [2.75, 3.05) is 0 Å². The first-order valence-electron chi connectivity index (χ1n) is 14.0. The van der Waals surface area contributed by atoms with Crippen molar-refractivity contribution in [3.63, 3.8) is 0 Å². The Morgan fingerprint density at radius 1 is 0.841 bits per heavy atom. The number of carboxylic acid groups (broad SMARTS) is 1. The number of pyridine rings is 1. The predicted molar refractivity (Wildman–Crippen MR) is 165 cm³/mol. The van der Waals surface area contributed by atoms with E-state index in [0.717, 1.165) is 39.8 Å². The molecule has 1 amide bonds. The summed E-state index contributed by atoms with van der Waals surface area (Å²) in [6.07, 6.45) is 5.45. The van der Waals surface area contributed by atoms with Gasteiger partial charge in [0.25, 0.3) is 5.91 Å². The summed E-state index contributed by atoms with van der Waals surface area (Å²) in [5.41, 5.74) is 6.04. The minimum absolute atomic E-state index is 0.152. The number of halogens is 2. The second-order valence-corrected chi connectivity index (χ2v) is 10.6. The van der Waals surface area contributed by atoms with Gasteiger partial charge in [-0.25, -0.2) is 13.6 Å². The van der Waals surface area contributed by atoms with E-state index in [1.54, 1.807) is 24.4 Å². The fourth-order valence-corrected chi connectivity index (χ4v) is 5.30. The fraction of sp³-hybridized carbons (Fsp3) is 0.0833. The summed E-state index contributed by atoms with van der Waals surface area (Å²) in [5, 5.41) is 13.0. The van der Waals surface area contributed by atoms with Gasteiger partial charge in [-0.3, -0.25) is 9.78 Å². The van der Waals surface area contributed by atoms with Crippen LogP contribution in [0.4, 0.5) is 8.78 Å². The number of amides is 1. The van der Waals surface area contributed by atoms with Gasteiger partial charge in [0.05, 0.1) is 22.7 Å². The Labute approximate surface area is 252 Å². The van der Waals surface area contributed by atoms with Gasteiger partial charge in [-0.1, -0.05) is 48.5 Å². The third kappa shape index (κ3) is 5.83. The molecule has 8 heteroatoms. The highest BCUT2D eigenvalue weighted by Crippen LogP contribution is 2.31. The van der Waals surface area contributed by atoms with E-state index in [1.165, 1.54) is 18.2 Å². The van der Waals surface area contributed by atoms with Crippen molar-refractivity contribution in [1.82, 2.24) is 14.9 Å². The molecule has 44 heavy (non-hydrogen) atoms. The zero-order valence-electron chi connectivity index (χ0n) is 23.7. The lowest BCUT2D eigenvalue weighted by Gasteiger charge is -2.17. The Hall–Kier alpha value is -5.63. The van der Waals surface area contributed by atoms with Gasteiger partial charge in [-0.2, -0.15) is 0 Å². The summed E-state index contributed by atoms with van der Waals surface area (Å²) >= 11 is 0. The van der Waals surface area contributed by atoms with Crippen LogP contribution in [-0.4, -0.2) is 26.5 Å². The minimum atomic E-state index is -1.03. The Balaban J connectivity index is 1.36. The van der Waals surface area contributed by atoms with Crippen LogP contribution in [0, 0.1) is 11.6 Å². The van der Waals surface area contributed by atoms with Gasteiger partial charge in [0.1, 0.15) is 0 Å². The summed E-state index contributed by atoms with van der Waals surface area (Å²) in [6.45, 7) is 2.31. The second kappa shape index (κ2) is 11.9. The van der Waals surface area contributed by atoms with Crippen molar-refractivity contribution in [3.8, 4) is 22.3 Å². The number of rotatable bonds is 8. The molecule has 2 N–H and O–H groups in total. The number of benzene rings is 4. The number of fused-ring (bicyclic) bond motifs is 1. The number of hydrogen-bond donors (Lipinski definition) is 2. The lowest BCUT2D eigenvalue weighted by molar-refractivity contribution is 0.0696. The average Bonchev–Trinajstić information content (AvgIpc) is 3.45. The monoisotopic (exact) mass is 587 g/mol. The van der Waals surface area contributed by atoms with E-state index in [-0.39, 0.29) is 11.5 Å². The van der Waals surface area contributed by atoms with Gasteiger partial charge < -0.3 is 15.0 Å². The first kappa shape index (κ1) is 28.5. The van der Waals surface area contributed by atoms with Crippen molar-refractivity contribution in [2.24, 2.45) is 0 Å². The molecule has 2 aromatic heterocycles. The van der Waals surface area contributed by atoms with Crippen LogP contribution in [0.1, 0.15) is 44.8 Å². The van der Waals surface area contributed by atoms with Crippen LogP contribution in [0.25, 0.3) is 33.2 Å². The highest BCUT2D eigenvalue weighted by Gasteiger charge is 2.20. The van der Waals surface area contributed by atoms with E-state index in [4.69, 9.17) is 0 Å². The zero-order valence-corrected chi connectivity index (χ0v) is 23.7. The van der Waals surface area contributed by atoms with Crippen LogP contribution in [0.5, 0.6) is 0 Å². The quantitative estimate of drug-likeness (QED) is 0.190. The number of nitrogens with one attached hydrogen (secondary N) is 1. The molecule has 6 rings (SSSR count). The standard InChI is InChI=1S/C36H27F2N3O3/c1-22(24-8-10-26(11-9-24)36(43)44)40-35(42)31-18-30(27-12-13-32(37)33(38)19-27)17-28-14-16-41(34(28)31)21-23-4-6-25(7-5-23)29-3-2-15-39-20-29/h2-20,22H,21H2,1H3,(H,40,42)(H,43,44)/t22-/m0/s1. The molecule has 218 valence electrons. The molecule has 6 aromatic rings. The average molecular weight is 588 g/mol. The Morgan fingerprint density at radius 3 is 2.27 bits per heavy atom. The molecule has 0 aliphatic rings. The number of carbonyl (C=O) groups excluding carboxylic acids is 1. The number of hydrogen-bond acceptors (Lipinski definition) is 3. The van der Waals surface area contributed by atoms with Crippen molar-refractivity contribution in [1.29, 1.82) is 0 Å². The maximum atomic E-state index is 14.2. The van der Waals surface area contributed by atoms with Crippen LogP contribution < -0.4 is 5.32 Å². The molecule has 0 spiro atoms. The molecule has 0 aliphatic carbocycles. The summed E-state index contributed by atoms with van der Waals surface area (Å²) < 4.78 is 29.9. The van der Waals surface area contributed by atoms with E-state index < -0.39 is 23.6 Å². The second-order valence-electron chi connectivity index (χ2n) is 10.6. The van der Waals surface area contributed by atoms with Crippen LogP contribution in [-0.2, 0) is 6.54 Å². The highest BCUT2D eigenvalue weighted by molar-refractivity contribution is 6.08. The molecule has 4 aromatic carbocycles. The Morgan fingerprint density at radius 2 is 1.59 bits per heavy atom. The molecule has 6 nitrogen and oxygen atoms in total. The van der Waals surface area contributed by atoms with Gasteiger partial charge >= 0.3 is 5.97 Å². The maximum Gasteiger partial charge on any atom is 0.335 e. The molecule has 0 saturated heterocycles. The van der Waals surface area contributed by atoms with Crippen molar-refractivity contribution >= 4 is 22.8 Å². The lowest BCUT2D eigenvalue weighted by atomic mass is 9.99. The molecule has 0 radical (unpaired) electrons. The number of aromatic nitrogens is 2. The van der Waals surface area contributed by atoms with Crippen molar-refractivity contribution in [2.45, 2.75) is 19.5 Å². The van der Waals surface area contributed by atoms with Crippen molar-refractivity contribution in [3.05, 3.63) is 150 Å². The van der Waals surface area contributed by atoms with E-state index >= 15 is 0 Å². The van der Waals surface area contributed by atoms with E-state index in [0.29, 0.717) is 28.8 Å². The molecule has 1 atom stereocenters. The van der Waals surface area contributed by atoms with Gasteiger partial charge in [-0.05, 0) is 88.8 Å². The Bertz CT molecular complexity index is 1990. The smallest absolute Gasteiger partial charge is 0.335 e. The molecular formula is C36H27F2N3O3. The van der Waals surface area contributed by atoms with Crippen LogP contribution in [0.3, 0.4) is 0 Å². The summed E-state index contributed by atoms with van der Waals surface area (Å²) in [7, 11) is 0. The number of nitrogens with zero attached hydrogens (tertiary/aromatic N) is 2. The van der Waals surface area contributed by atoms with Crippen LogP contribution >= 0.6 is 0 Å². The van der Waals surface area contributed by atoms with Gasteiger partial charge in [0.15, 0.2) is 11.6 Å². The third-order valence-corrected chi connectivity index (χ3v) is 7.67. The fourth-order valence-electron chi connectivity index (χ4n) is 5.30. The number of carboxylic acids is 1. The van der Waals surface area contributed by atoms with Gasteiger partial charge in [0.2, 0.25) is 0 Å².